The molecule has 2 rings (SSSR count). The lowest BCUT2D eigenvalue weighted by atomic mass is 10.0. The fraction of sp³-hybridized carbons (Fsp3) is 0.429. The van der Waals surface area contributed by atoms with Crippen molar-refractivity contribution in [2.75, 3.05) is 13.3 Å². The Kier molecular flexibility index (Phi) is 4.77. The zero-order valence-corrected chi connectivity index (χ0v) is 11.5. The number of aliphatic carboxylic acids is 1. The predicted octanol–water partition coefficient (Wildman–Crippen LogP) is 0.412. The third-order valence-electron chi connectivity index (χ3n) is 3.01. The molecule has 7 nitrogen and oxygen atoms in total. The first-order valence-corrected chi connectivity index (χ1v) is 6.54. The molecular weight excluding hydrogens is 278 g/mol. The van der Waals surface area contributed by atoms with E-state index < -0.39 is 18.1 Å². The second-order valence-electron chi connectivity index (χ2n) is 4.84. The Balaban J connectivity index is 2.14. The van der Waals surface area contributed by atoms with Crippen LogP contribution in [0.2, 0.25) is 0 Å². The fourth-order valence-electron chi connectivity index (χ4n) is 2.00. The van der Waals surface area contributed by atoms with Crippen LogP contribution >= 0.6 is 0 Å². The summed E-state index contributed by atoms with van der Waals surface area (Å²) in [4.78, 5) is 23.3. The van der Waals surface area contributed by atoms with Gasteiger partial charge >= 0.3 is 5.97 Å². The molecule has 2 unspecified atom stereocenters. The molecule has 114 valence electrons. The second-order valence-corrected chi connectivity index (χ2v) is 4.84. The standard InChI is InChI=1S/C14H17NO6/c1-8(16)6-15-10(5-13(17)18)14(19)9-2-3-11-12(4-9)21-7-20-11/h2-4,8,10,15-16H,5-7H2,1H3,(H,17,18). The summed E-state index contributed by atoms with van der Waals surface area (Å²) >= 11 is 0. The van der Waals surface area contributed by atoms with E-state index in [2.05, 4.69) is 5.32 Å². The molecule has 1 aromatic rings. The average molecular weight is 295 g/mol. The number of aliphatic hydroxyl groups is 1. The molecule has 0 saturated carbocycles. The SMILES string of the molecule is CC(O)CNC(CC(=O)O)C(=O)c1ccc2c(c1)OCO2. The second kappa shape index (κ2) is 6.55. The van der Waals surface area contributed by atoms with E-state index in [-0.39, 0.29) is 25.5 Å². The maximum absolute atomic E-state index is 12.4. The number of Topliss-reactive ketones (excluding diaryl/α,β-unsaturated/α-hetero) is 1. The smallest absolute Gasteiger partial charge is 0.305 e. The van der Waals surface area contributed by atoms with Gasteiger partial charge in [0.15, 0.2) is 17.3 Å². The van der Waals surface area contributed by atoms with Crippen LogP contribution in [0.4, 0.5) is 0 Å². The Hall–Kier alpha value is -2.12. The molecule has 1 aliphatic heterocycles. The molecule has 21 heavy (non-hydrogen) atoms. The molecule has 0 amide bonds. The molecular formula is C14H17NO6. The van der Waals surface area contributed by atoms with Crippen LogP contribution < -0.4 is 14.8 Å². The minimum absolute atomic E-state index is 0.103. The number of carbonyl (C=O) groups excluding carboxylic acids is 1. The highest BCUT2D eigenvalue weighted by Gasteiger charge is 2.25. The minimum Gasteiger partial charge on any atom is -0.481 e. The lowest BCUT2D eigenvalue weighted by Crippen LogP contribution is -2.41. The van der Waals surface area contributed by atoms with E-state index >= 15 is 0 Å². The molecule has 0 radical (unpaired) electrons. The Morgan fingerprint density at radius 2 is 2.05 bits per heavy atom. The zero-order valence-electron chi connectivity index (χ0n) is 11.5. The summed E-state index contributed by atoms with van der Waals surface area (Å²) in [5.41, 5.74) is 0.337. The van der Waals surface area contributed by atoms with Gasteiger partial charge in [0.05, 0.1) is 18.6 Å². The maximum Gasteiger partial charge on any atom is 0.305 e. The number of hydrogen-bond donors (Lipinski definition) is 3. The normalized spacial score (nSPS) is 15.5. The molecule has 7 heteroatoms. The Bertz CT molecular complexity index is 542. The van der Waals surface area contributed by atoms with Gasteiger partial charge in [-0.3, -0.25) is 9.59 Å². The molecule has 0 aliphatic carbocycles. The summed E-state index contributed by atoms with van der Waals surface area (Å²) in [7, 11) is 0. The number of ether oxygens (including phenoxy) is 2. The first-order valence-electron chi connectivity index (χ1n) is 6.54. The van der Waals surface area contributed by atoms with Crippen LogP contribution in [0.5, 0.6) is 11.5 Å². The summed E-state index contributed by atoms with van der Waals surface area (Å²) in [6.07, 6.45) is -1.04. The van der Waals surface area contributed by atoms with Gasteiger partial charge in [0, 0.05) is 12.1 Å². The van der Waals surface area contributed by atoms with Gasteiger partial charge in [0.1, 0.15) is 0 Å². The predicted molar refractivity (Wildman–Crippen MR) is 72.6 cm³/mol. The van der Waals surface area contributed by atoms with Crippen molar-refractivity contribution in [3.63, 3.8) is 0 Å². The number of fused-ring (bicyclic) bond motifs is 1. The number of hydrogen-bond acceptors (Lipinski definition) is 6. The topological polar surface area (TPSA) is 105 Å². The number of carboxylic acid groups (broad SMARTS) is 1. The van der Waals surface area contributed by atoms with E-state index in [1.54, 1.807) is 19.1 Å². The van der Waals surface area contributed by atoms with Crippen LogP contribution in [0.3, 0.4) is 0 Å². The largest absolute Gasteiger partial charge is 0.481 e. The fourth-order valence-corrected chi connectivity index (χ4v) is 2.00. The van der Waals surface area contributed by atoms with E-state index in [1.165, 1.54) is 6.07 Å². The van der Waals surface area contributed by atoms with Crippen molar-refractivity contribution in [1.29, 1.82) is 0 Å². The Morgan fingerprint density at radius 1 is 1.33 bits per heavy atom. The van der Waals surface area contributed by atoms with Crippen molar-refractivity contribution in [3.8, 4) is 11.5 Å². The summed E-state index contributed by atoms with van der Waals surface area (Å²) in [6, 6.07) is 3.80. The lowest BCUT2D eigenvalue weighted by molar-refractivity contribution is -0.137. The summed E-state index contributed by atoms with van der Waals surface area (Å²) in [5, 5.41) is 20.9. The summed E-state index contributed by atoms with van der Waals surface area (Å²) in [6.45, 7) is 1.79. The van der Waals surface area contributed by atoms with E-state index in [0.29, 0.717) is 17.1 Å². The number of benzene rings is 1. The van der Waals surface area contributed by atoms with Gasteiger partial charge in [0.25, 0.3) is 0 Å². The maximum atomic E-state index is 12.4. The number of carboxylic acids is 1. The van der Waals surface area contributed by atoms with Crippen LogP contribution in [0, 0.1) is 0 Å². The summed E-state index contributed by atoms with van der Waals surface area (Å²) < 4.78 is 10.4. The van der Waals surface area contributed by atoms with Crippen LogP contribution in [-0.4, -0.2) is 47.4 Å². The lowest BCUT2D eigenvalue weighted by Gasteiger charge is -2.17. The first-order chi connectivity index (χ1) is 9.97. The van der Waals surface area contributed by atoms with Crippen molar-refractivity contribution in [1.82, 2.24) is 5.32 Å². The van der Waals surface area contributed by atoms with Crippen LogP contribution in [0.25, 0.3) is 0 Å². The van der Waals surface area contributed by atoms with Crippen molar-refractivity contribution >= 4 is 11.8 Å². The Labute approximate surface area is 121 Å². The number of ketones is 1. The van der Waals surface area contributed by atoms with Crippen LogP contribution in [0.1, 0.15) is 23.7 Å². The van der Waals surface area contributed by atoms with Crippen LogP contribution in [0.15, 0.2) is 18.2 Å². The van der Waals surface area contributed by atoms with E-state index in [1.807, 2.05) is 0 Å². The van der Waals surface area contributed by atoms with Gasteiger partial charge in [-0.05, 0) is 25.1 Å². The van der Waals surface area contributed by atoms with Crippen LogP contribution in [-0.2, 0) is 4.79 Å². The number of nitrogens with one attached hydrogen (secondary N) is 1. The number of rotatable bonds is 7. The molecule has 3 N–H and O–H groups in total. The van der Waals surface area contributed by atoms with Gasteiger partial charge in [-0.25, -0.2) is 0 Å². The monoisotopic (exact) mass is 295 g/mol. The molecule has 0 bridgehead atoms. The molecule has 1 aromatic carbocycles. The third kappa shape index (κ3) is 3.93. The number of carbonyl (C=O) groups is 2. The molecule has 1 aliphatic rings. The molecule has 0 fully saturated rings. The molecule has 2 atom stereocenters. The van der Waals surface area contributed by atoms with Crippen molar-refractivity contribution < 1.29 is 29.3 Å². The van der Waals surface area contributed by atoms with Gasteiger partial charge in [0.2, 0.25) is 6.79 Å². The highest BCUT2D eigenvalue weighted by atomic mass is 16.7. The summed E-state index contributed by atoms with van der Waals surface area (Å²) in [5.74, 6) is -0.438. The molecule has 1 heterocycles. The Morgan fingerprint density at radius 3 is 2.71 bits per heavy atom. The van der Waals surface area contributed by atoms with Gasteiger partial charge in [-0.15, -0.1) is 0 Å². The minimum atomic E-state index is -1.09. The number of aliphatic hydroxyl groups excluding tert-OH is 1. The third-order valence-corrected chi connectivity index (χ3v) is 3.01. The highest BCUT2D eigenvalue weighted by Crippen LogP contribution is 2.32. The molecule has 0 aromatic heterocycles. The van der Waals surface area contributed by atoms with Crippen molar-refractivity contribution in [2.24, 2.45) is 0 Å². The highest BCUT2D eigenvalue weighted by molar-refractivity contribution is 6.02. The molecule has 0 spiro atoms. The van der Waals surface area contributed by atoms with E-state index in [0.717, 1.165) is 0 Å². The van der Waals surface area contributed by atoms with Crippen molar-refractivity contribution in [3.05, 3.63) is 23.8 Å². The van der Waals surface area contributed by atoms with Gasteiger partial charge < -0.3 is 25.0 Å². The van der Waals surface area contributed by atoms with Crippen molar-refractivity contribution in [2.45, 2.75) is 25.5 Å². The average Bonchev–Trinajstić information content (AvgIpc) is 2.89. The first kappa shape index (κ1) is 15.3. The van der Waals surface area contributed by atoms with E-state index in [4.69, 9.17) is 14.6 Å². The van der Waals surface area contributed by atoms with E-state index in [9.17, 15) is 14.7 Å². The molecule has 0 saturated heterocycles. The quantitative estimate of drug-likeness (QED) is 0.626. The van der Waals surface area contributed by atoms with Gasteiger partial charge in [-0.1, -0.05) is 0 Å². The van der Waals surface area contributed by atoms with Gasteiger partial charge in [-0.2, -0.15) is 0 Å². The zero-order chi connectivity index (χ0) is 15.4.